The maximum absolute atomic E-state index is 12.7. The molecule has 2 N–H and O–H groups in total. The molecule has 9 heteroatoms. The van der Waals surface area contributed by atoms with Crippen molar-refractivity contribution in [2.24, 2.45) is 5.92 Å². The van der Waals surface area contributed by atoms with Gasteiger partial charge in [-0.1, -0.05) is 13.8 Å². The lowest BCUT2D eigenvalue weighted by Crippen LogP contribution is -2.49. The number of carboxylic acids is 1. The molecule has 0 aromatic carbocycles. The SMILES string of the molecule is CC(C)C(C)NC(=O)C1CCCN1S(=O)(=O)c1ccc(C(=O)O)o1. The number of furan rings is 1. The number of nitrogens with one attached hydrogen (secondary N) is 1. The van der Waals surface area contributed by atoms with Gasteiger partial charge >= 0.3 is 5.97 Å². The summed E-state index contributed by atoms with van der Waals surface area (Å²) in [6.07, 6.45) is 0.974. The van der Waals surface area contributed by atoms with Crippen LogP contribution >= 0.6 is 0 Å². The van der Waals surface area contributed by atoms with Crippen molar-refractivity contribution in [2.75, 3.05) is 6.54 Å². The molecule has 1 aliphatic heterocycles. The van der Waals surface area contributed by atoms with Crippen molar-refractivity contribution >= 4 is 21.9 Å². The second kappa shape index (κ2) is 6.94. The summed E-state index contributed by atoms with van der Waals surface area (Å²) in [6.45, 7) is 5.98. The van der Waals surface area contributed by atoms with Crippen molar-refractivity contribution in [2.45, 2.75) is 50.8 Å². The van der Waals surface area contributed by atoms with E-state index in [1.54, 1.807) is 0 Å². The molecule has 2 heterocycles. The van der Waals surface area contributed by atoms with Gasteiger partial charge in [0.25, 0.3) is 10.0 Å². The minimum absolute atomic E-state index is 0.0788. The van der Waals surface area contributed by atoms with Gasteiger partial charge in [0.05, 0.1) is 0 Å². The Bertz CT molecular complexity index is 724. The fourth-order valence-corrected chi connectivity index (χ4v) is 4.04. The molecule has 0 radical (unpaired) electrons. The Morgan fingerprint density at radius 2 is 2.00 bits per heavy atom. The van der Waals surface area contributed by atoms with Gasteiger partial charge in [-0.05, 0) is 37.8 Å². The average molecular weight is 358 g/mol. The highest BCUT2D eigenvalue weighted by Gasteiger charge is 2.41. The van der Waals surface area contributed by atoms with E-state index in [9.17, 15) is 18.0 Å². The summed E-state index contributed by atoms with van der Waals surface area (Å²) in [5.41, 5.74) is 0. The first-order valence-corrected chi connectivity index (χ1v) is 9.24. The molecule has 134 valence electrons. The first kappa shape index (κ1) is 18.5. The Hall–Kier alpha value is -1.87. The normalized spacial score (nSPS) is 20.2. The van der Waals surface area contributed by atoms with Gasteiger partial charge in [0.15, 0.2) is 0 Å². The van der Waals surface area contributed by atoms with Gasteiger partial charge < -0.3 is 14.8 Å². The fraction of sp³-hybridized carbons (Fsp3) is 0.600. The number of hydrogen-bond acceptors (Lipinski definition) is 5. The number of hydrogen-bond donors (Lipinski definition) is 2. The van der Waals surface area contributed by atoms with E-state index in [-0.39, 0.29) is 24.4 Å². The molecule has 8 nitrogen and oxygen atoms in total. The highest BCUT2D eigenvalue weighted by Crippen LogP contribution is 2.27. The van der Waals surface area contributed by atoms with Crippen molar-refractivity contribution in [1.82, 2.24) is 9.62 Å². The number of carbonyl (C=O) groups excluding carboxylic acids is 1. The van der Waals surface area contributed by atoms with Gasteiger partial charge in [0, 0.05) is 12.6 Å². The number of amides is 1. The lowest BCUT2D eigenvalue weighted by Gasteiger charge is -2.25. The Labute approximate surface area is 140 Å². The van der Waals surface area contributed by atoms with Crippen LogP contribution in [0.2, 0.25) is 0 Å². The molecule has 0 bridgehead atoms. The number of nitrogens with zero attached hydrogens (tertiary/aromatic N) is 1. The fourth-order valence-electron chi connectivity index (χ4n) is 2.47. The summed E-state index contributed by atoms with van der Waals surface area (Å²) in [4.78, 5) is 23.3. The standard InChI is InChI=1S/C15H22N2O6S/c1-9(2)10(3)16-14(18)11-5-4-8-17(11)24(21,22)13-7-6-12(23-13)15(19)20/h6-7,9-11H,4-5,8H2,1-3H3,(H,16,18)(H,19,20). The van der Waals surface area contributed by atoms with Crippen LogP contribution in [0.25, 0.3) is 0 Å². The van der Waals surface area contributed by atoms with Crippen LogP contribution in [0, 0.1) is 5.92 Å². The maximum atomic E-state index is 12.7. The first-order valence-electron chi connectivity index (χ1n) is 7.80. The predicted molar refractivity (Wildman–Crippen MR) is 85.0 cm³/mol. The third-order valence-electron chi connectivity index (χ3n) is 4.23. The lowest BCUT2D eigenvalue weighted by molar-refractivity contribution is -0.125. The third kappa shape index (κ3) is 3.62. The van der Waals surface area contributed by atoms with Crippen LogP contribution in [0.15, 0.2) is 21.6 Å². The van der Waals surface area contributed by atoms with E-state index < -0.39 is 32.9 Å². The van der Waals surface area contributed by atoms with Gasteiger partial charge in [-0.15, -0.1) is 0 Å². The topological polar surface area (TPSA) is 117 Å². The maximum Gasteiger partial charge on any atom is 0.371 e. The van der Waals surface area contributed by atoms with Crippen molar-refractivity contribution in [3.63, 3.8) is 0 Å². The molecular formula is C15H22N2O6S. The number of rotatable bonds is 6. The predicted octanol–water partition coefficient (Wildman–Crippen LogP) is 1.29. The largest absolute Gasteiger partial charge is 0.475 e. The van der Waals surface area contributed by atoms with Gasteiger partial charge in [0.1, 0.15) is 6.04 Å². The van der Waals surface area contributed by atoms with Crippen molar-refractivity contribution in [3.05, 3.63) is 17.9 Å². The average Bonchev–Trinajstić information content (AvgIpc) is 3.16. The zero-order valence-electron chi connectivity index (χ0n) is 13.9. The van der Waals surface area contributed by atoms with E-state index in [1.807, 2.05) is 20.8 Å². The number of aromatic carboxylic acids is 1. The van der Waals surface area contributed by atoms with Crippen LogP contribution in [0.3, 0.4) is 0 Å². The monoisotopic (exact) mass is 358 g/mol. The molecular weight excluding hydrogens is 336 g/mol. The minimum Gasteiger partial charge on any atom is -0.475 e. The minimum atomic E-state index is -4.06. The van der Waals surface area contributed by atoms with Crippen LogP contribution in [0.4, 0.5) is 0 Å². The zero-order chi connectivity index (χ0) is 18.1. The van der Waals surface area contributed by atoms with Crippen LogP contribution in [-0.2, 0) is 14.8 Å². The molecule has 1 aromatic heterocycles. The van der Waals surface area contributed by atoms with Crippen molar-refractivity contribution in [3.8, 4) is 0 Å². The number of carboxylic acid groups (broad SMARTS) is 1. The van der Waals surface area contributed by atoms with Crippen LogP contribution in [0.1, 0.15) is 44.2 Å². The molecule has 0 saturated carbocycles. The van der Waals surface area contributed by atoms with Gasteiger partial charge in [-0.25, -0.2) is 13.2 Å². The molecule has 0 spiro atoms. The Morgan fingerprint density at radius 3 is 2.54 bits per heavy atom. The second-order valence-corrected chi connectivity index (χ2v) is 8.06. The third-order valence-corrected chi connectivity index (χ3v) is 6.01. The Kier molecular flexibility index (Phi) is 5.34. The van der Waals surface area contributed by atoms with Crippen molar-refractivity contribution in [1.29, 1.82) is 0 Å². The van der Waals surface area contributed by atoms with E-state index in [1.165, 1.54) is 0 Å². The van der Waals surface area contributed by atoms with Crippen LogP contribution in [-0.4, -0.2) is 48.3 Å². The summed E-state index contributed by atoms with van der Waals surface area (Å²) in [7, 11) is -4.06. The molecule has 1 fully saturated rings. The molecule has 2 rings (SSSR count). The number of sulfonamides is 1. The molecule has 0 aliphatic carbocycles. The number of carbonyl (C=O) groups is 2. The summed E-state index contributed by atoms with van der Waals surface area (Å²) < 4.78 is 31.3. The molecule has 1 aromatic rings. The summed E-state index contributed by atoms with van der Waals surface area (Å²) in [5, 5.41) is 11.2. The summed E-state index contributed by atoms with van der Waals surface area (Å²) >= 11 is 0. The lowest BCUT2D eigenvalue weighted by atomic mass is 10.1. The Balaban J connectivity index is 2.22. The molecule has 2 unspecified atom stereocenters. The summed E-state index contributed by atoms with van der Waals surface area (Å²) in [5.74, 6) is -1.92. The van der Waals surface area contributed by atoms with Gasteiger partial charge in [-0.3, -0.25) is 4.79 Å². The molecule has 1 aliphatic rings. The van der Waals surface area contributed by atoms with Crippen molar-refractivity contribution < 1.29 is 27.5 Å². The molecule has 2 atom stereocenters. The smallest absolute Gasteiger partial charge is 0.371 e. The summed E-state index contributed by atoms with van der Waals surface area (Å²) in [6, 6.07) is 1.30. The van der Waals surface area contributed by atoms with Crippen LogP contribution in [0.5, 0.6) is 0 Å². The van der Waals surface area contributed by atoms with Gasteiger partial charge in [-0.2, -0.15) is 4.31 Å². The van der Waals surface area contributed by atoms with E-state index in [4.69, 9.17) is 9.52 Å². The Morgan fingerprint density at radius 1 is 1.33 bits per heavy atom. The first-order chi connectivity index (χ1) is 11.1. The quantitative estimate of drug-likeness (QED) is 0.791. The van der Waals surface area contributed by atoms with Crippen LogP contribution < -0.4 is 5.32 Å². The van der Waals surface area contributed by atoms with Gasteiger partial charge in [0.2, 0.25) is 16.8 Å². The molecule has 1 amide bonds. The van der Waals surface area contributed by atoms with E-state index in [0.717, 1.165) is 16.4 Å². The zero-order valence-corrected chi connectivity index (χ0v) is 14.7. The highest BCUT2D eigenvalue weighted by molar-refractivity contribution is 7.89. The highest BCUT2D eigenvalue weighted by atomic mass is 32.2. The van der Waals surface area contributed by atoms with E-state index >= 15 is 0 Å². The molecule has 24 heavy (non-hydrogen) atoms. The van der Waals surface area contributed by atoms with E-state index in [2.05, 4.69) is 5.32 Å². The molecule has 1 saturated heterocycles. The van der Waals surface area contributed by atoms with E-state index in [0.29, 0.717) is 12.8 Å². The second-order valence-electron chi connectivity index (χ2n) is 6.24.